The second-order valence-corrected chi connectivity index (χ2v) is 4.87. The number of benzene rings is 1. The zero-order chi connectivity index (χ0) is 14.3. The number of aliphatic carboxylic acids is 1. The molecule has 0 aliphatic heterocycles. The molecule has 0 radical (unpaired) electrons. The van der Waals surface area contributed by atoms with E-state index in [1.54, 1.807) is 24.3 Å². The van der Waals surface area contributed by atoms with Gasteiger partial charge in [-0.15, -0.1) is 0 Å². The molecule has 5 heteroatoms. The molecule has 1 atom stereocenters. The van der Waals surface area contributed by atoms with E-state index in [9.17, 15) is 15.0 Å². The van der Waals surface area contributed by atoms with Crippen LogP contribution in [0.4, 0.5) is 0 Å². The van der Waals surface area contributed by atoms with E-state index in [1.807, 2.05) is 5.32 Å². The van der Waals surface area contributed by atoms with E-state index >= 15 is 0 Å². The summed E-state index contributed by atoms with van der Waals surface area (Å²) in [5, 5.41) is 22.1. The third-order valence-electron chi connectivity index (χ3n) is 2.59. The number of hydrogen-bond donors (Lipinski definition) is 2. The Morgan fingerprint density at radius 3 is 2.53 bits per heavy atom. The quantitative estimate of drug-likeness (QED) is 0.612. The summed E-state index contributed by atoms with van der Waals surface area (Å²) in [6.45, 7) is 4.94. The van der Waals surface area contributed by atoms with Crippen molar-refractivity contribution < 1.29 is 25.1 Å². The Kier molecular flexibility index (Phi) is 6.32. The Balaban J connectivity index is 2.35. The van der Waals surface area contributed by atoms with E-state index < -0.39 is 12.1 Å². The molecule has 0 aliphatic carbocycles. The van der Waals surface area contributed by atoms with Gasteiger partial charge in [-0.3, -0.25) is 0 Å². The second kappa shape index (κ2) is 7.76. The summed E-state index contributed by atoms with van der Waals surface area (Å²) in [7, 11) is 0. The zero-order valence-electron chi connectivity index (χ0n) is 11.3. The summed E-state index contributed by atoms with van der Waals surface area (Å²) >= 11 is 0. The summed E-state index contributed by atoms with van der Waals surface area (Å²) in [6.07, 6.45) is -0.628. The topological polar surface area (TPSA) is 86.2 Å². The number of quaternary nitrogens is 1. The summed E-state index contributed by atoms with van der Waals surface area (Å²) in [6, 6.07) is 7.18. The summed E-state index contributed by atoms with van der Waals surface area (Å²) in [5.74, 6) is -0.487. The summed E-state index contributed by atoms with van der Waals surface area (Å²) in [4.78, 5) is 10.4. The smallest absolute Gasteiger partial charge is 0.137 e. The molecule has 106 valence electrons. The van der Waals surface area contributed by atoms with Gasteiger partial charge in [-0.1, -0.05) is 12.1 Å². The van der Waals surface area contributed by atoms with Crippen molar-refractivity contribution in [3.63, 3.8) is 0 Å². The molecule has 19 heavy (non-hydrogen) atoms. The Morgan fingerprint density at radius 2 is 2.00 bits per heavy atom. The standard InChI is InChI=1S/C14H21NO4/c1-10(2)15-8-12(16)9-19-13-5-3-11(4-6-13)7-14(17)18/h3-6,10,12,15-16H,7-9H2,1-2H3,(H,17,18)/t12-/m1/s1. The fraction of sp³-hybridized carbons (Fsp3) is 0.500. The van der Waals surface area contributed by atoms with E-state index in [0.29, 0.717) is 23.9 Å². The van der Waals surface area contributed by atoms with E-state index in [-0.39, 0.29) is 13.0 Å². The second-order valence-electron chi connectivity index (χ2n) is 4.87. The molecule has 0 fully saturated rings. The van der Waals surface area contributed by atoms with Crippen molar-refractivity contribution in [3.8, 4) is 5.75 Å². The van der Waals surface area contributed by atoms with E-state index in [0.717, 1.165) is 0 Å². The largest absolute Gasteiger partial charge is 0.550 e. The number of carbonyl (C=O) groups is 1. The first-order chi connectivity index (χ1) is 8.97. The Morgan fingerprint density at radius 1 is 1.37 bits per heavy atom. The van der Waals surface area contributed by atoms with Gasteiger partial charge in [0.15, 0.2) is 0 Å². The lowest BCUT2D eigenvalue weighted by Crippen LogP contribution is -2.90. The maximum absolute atomic E-state index is 10.4. The molecule has 0 saturated heterocycles. The molecular weight excluding hydrogens is 246 g/mol. The van der Waals surface area contributed by atoms with Gasteiger partial charge in [0.2, 0.25) is 0 Å². The van der Waals surface area contributed by atoms with Crippen LogP contribution in [0.1, 0.15) is 19.4 Å². The van der Waals surface area contributed by atoms with Gasteiger partial charge in [-0.05, 0) is 31.5 Å². The molecule has 0 spiro atoms. The van der Waals surface area contributed by atoms with Crippen LogP contribution >= 0.6 is 0 Å². The molecule has 1 aromatic rings. The third kappa shape index (κ3) is 6.79. The predicted octanol–water partition coefficient (Wildman–Crippen LogP) is -1.31. The maximum atomic E-state index is 10.4. The van der Waals surface area contributed by atoms with Crippen LogP contribution in [0.5, 0.6) is 5.75 Å². The highest BCUT2D eigenvalue weighted by molar-refractivity contribution is 5.67. The van der Waals surface area contributed by atoms with Crippen LogP contribution < -0.4 is 15.2 Å². The summed E-state index contributed by atoms with van der Waals surface area (Å²) in [5.41, 5.74) is 0.668. The summed E-state index contributed by atoms with van der Waals surface area (Å²) < 4.78 is 5.43. The van der Waals surface area contributed by atoms with Crippen LogP contribution in [0.15, 0.2) is 24.3 Å². The van der Waals surface area contributed by atoms with Gasteiger partial charge in [0.25, 0.3) is 0 Å². The number of carboxylic acids is 1. The lowest BCUT2D eigenvalue weighted by Gasteiger charge is -2.13. The van der Waals surface area contributed by atoms with Crippen molar-refractivity contribution in [2.45, 2.75) is 32.4 Å². The highest BCUT2D eigenvalue weighted by Crippen LogP contribution is 2.12. The van der Waals surface area contributed by atoms with Crippen molar-refractivity contribution >= 4 is 5.97 Å². The molecule has 1 rings (SSSR count). The highest BCUT2D eigenvalue weighted by Gasteiger charge is 2.08. The number of aliphatic hydroxyl groups excluding tert-OH is 1. The van der Waals surface area contributed by atoms with E-state index in [2.05, 4.69) is 13.8 Å². The van der Waals surface area contributed by atoms with Crippen molar-refractivity contribution in [1.82, 2.24) is 0 Å². The average Bonchev–Trinajstić information content (AvgIpc) is 2.35. The Bertz CT molecular complexity index is 389. The monoisotopic (exact) mass is 267 g/mol. The van der Waals surface area contributed by atoms with Crippen LogP contribution in [0, 0.1) is 0 Å². The zero-order valence-corrected chi connectivity index (χ0v) is 11.3. The number of carbonyl (C=O) groups excluding carboxylic acids is 1. The number of ether oxygens (including phenoxy) is 1. The number of carboxylic acid groups (broad SMARTS) is 1. The molecular formula is C14H21NO4. The van der Waals surface area contributed by atoms with Gasteiger partial charge < -0.3 is 25.1 Å². The molecule has 0 amide bonds. The molecule has 0 unspecified atom stereocenters. The van der Waals surface area contributed by atoms with Gasteiger partial charge in [0.05, 0.1) is 6.04 Å². The fourth-order valence-electron chi connectivity index (χ4n) is 1.56. The van der Waals surface area contributed by atoms with Gasteiger partial charge >= 0.3 is 0 Å². The minimum Gasteiger partial charge on any atom is -0.550 e. The fourth-order valence-corrected chi connectivity index (χ4v) is 1.56. The molecule has 0 saturated carbocycles. The van der Waals surface area contributed by atoms with Crippen molar-refractivity contribution in [3.05, 3.63) is 29.8 Å². The average molecular weight is 267 g/mol. The van der Waals surface area contributed by atoms with Gasteiger partial charge in [0, 0.05) is 12.4 Å². The van der Waals surface area contributed by atoms with Crippen LogP contribution in [-0.4, -0.2) is 36.4 Å². The first-order valence-corrected chi connectivity index (χ1v) is 6.40. The van der Waals surface area contributed by atoms with Crippen molar-refractivity contribution in [2.75, 3.05) is 13.2 Å². The minimum absolute atomic E-state index is 0.105. The van der Waals surface area contributed by atoms with Gasteiger partial charge in [-0.25, -0.2) is 0 Å². The highest BCUT2D eigenvalue weighted by atomic mass is 16.5. The molecule has 0 aliphatic rings. The molecule has 1 aromatic carbocycles. The number of aliphatic hydroxyl groups is 1. The lowest BCUT2D eigenvalue weighted by atomic mass is 10.1. The number of nitrogens with two attached hydrogens (primary N) is 1. The third-order valence-corrected chi connectivity index (χ3v) is 2.59. The van der Waals surface area contributed by atoms with E-state index in [4.69, 9.17) is 4.74 Å². The Hall–Kier alpha value is -1.59. The van der Waals surface area contributed by atoms with Gasteiger partial charge in [-0.2, -0.15) is 0 Å². The Labute approximate surface area is 113 Å². The van der Waals surface area contributed by atoms with Gasteiger partial charge in [0.1, 0.15) is 25.0 Å². The van der Waals surface area contributed by atoms with Crippen LogP contribution in [0.2, 0.25) is 0 Å². The number of rotatable bonds is 8. The van der Waals surface area contributed by atoms with Crippen molar-refractivity contribution in [2.24, 2.45) is 0 Å². The van der Waals surface area contributed by atoms with Crippen LogP contribution in [0.25, 0.3) is 0 Å². The first-order valence-electron chi connectivity index (χ1n) is 6.40. The van der Waals surface area contributed by atoms with Crippen LogP contribution in [0.3, 0.4) is 0 Å². The SMILES string of the molecule is CC(C)[NH2+]C[C@@H](O)COc1ccc(CC(=O)[O-])cc1. The van der Waals surface area contributed by atoms with Crippen LogP contribution in [-0.2, 0) is 11.2 Å². The lowest BCUT2D eigenvalue weighted by molar-refractivity contribution is -0.688. The molecule has 5 nitrogen and oxygen atoms in total. The van der Waals surface area contributed by atoms with E-state index in [1.165, 1.54) is 0 Å². The van der Waals surface area contributed by atoms with Crippen molar-refractivity contribution in [1.29, 1.82) is 0 Å². The molecule has 0 heterocycles. The first kappa shape index (κ1) is 15.5. The molecule has 3 N–H and O–H groups in total. The maximum Gasteiger partial charge on any atom is 0.137 e. The normalized spacial score (nSPS) is 12.4. The minimum atomic E-state index is -1.10. The predicted molar refractivity (Wildman–Crippen MR) is 68.6 cm³/mol. The number of hydrogen-bond acceptors (Lipinski definition) is 4. The molecule has 0 aromatic heterocycles. The molecule has 0 bridgehead atoms.